The van der Waals surface area contributed by atoms with E-state index in [9.17, 15) is 9.59 Å². The maximum atomic E-state index is 12.3. The van der Waals surface area contributed by atoms with Crippen molar-refractivity contribution in [1.82, 2.24) is 19.7 Å². The number of nitrogens with zero attached hydrogens (tertiary/aromatic N) is 4. The van der Waals surface area contributed by atoms with Gasteiger partial charge in [0.25, 0.3) is 5.56 Å². The lowest BCUT2D eigenvalue weighted by molar-refractivity contribution is -0.116. The third-order valence-corrected chi connectivity index (χ3v) is 3.49. The summed E-state index contributed by atoms with van der Waals surface area (Å²) in [4.78, 5) is 33.9. The van der Waals surface area contributed by atoms with Crippen molar-refractivity contribution in [3.63, 3.8) is 0 Å². The number of nitrogens with one attached hydrogen (secondary N) is 1. The molecule has 0 atom stereocenters. The van der Waals surface area contributed by atoms with Gasteiger partial charge in [-0.2, -0.15) is 0 Å². The van der Waals surface area contributed by atoms with Crippen molar-refractivity contribution in [2.75, 3.05) is 31.2 Å². The molecule has 22 heavy (non-hydrogen) atoms. The molecule has 0 spiro atoms. The van der Waals surface area contributed by atoms with Crippen molar-refractivity contribution in [3.05, 3.63) is 34.5 Å². The second-order valence-electron chi connectivity index (χ2n) is 5.15. The van der Waals surface area contributed by atoms with Crippen LogP contribution in [0, 0.1) is 0 Å². The molecule has 2 aromatic heterocycles. The van der Waals surface area contributed by atoms with Crippen LogP contribution < -0.4 is 10.5 Å². The monoisotopic (exact) mass is 303 g/mol. The first-order valence-electron chi connectivity index (χ1n) is 7.09. The lowest BCUT2D eigenvalue weighted by atomic mass is 10.2. The van der Waals surface area contributed by atoms with Crippen LogP contribution in [0.1, 0.15) is 12.5 Å². The summed E-state index contributed by atoms with van der Waals surface area (Å²) >= 11 is 0. The molecule has 2 aromatic rings. The highest BCUT2D eigenvalue weighted by atomic mass is 16.5. The van der Waals surface area contributed by atoms with Gasteiger partial charge in [-0.05, 0) is 6.92 Å². The van der Waals surface area contributed by atoms with Gasteiger partial charge in [-0.15, -0.1) is 0 Å². The minimum absolute atomic E-state index is 0.0556. The van der Waals surface area contributed by atoms with Gasteiger partial charge in [0.1, 0.15) is 17.9 Å². The van der Waals surface area contributed by atoms with Crippen molar-refractivity contribution in [2.45, 2.75) is 13.3 Å². The highest BCUT2D eigenvalue weighted by Gasteiger charge is 2.15. The van der Waals surface area contributed by atoms with Gasteiger partial charge in [-0.1, -0.05) is 0 Å². The van der Waals surface area contributed by atoms with Crippen molar-refractivity contribution >= 4 is 11.6 Å². The fraction of sp³-hybridized carbons (Fsp3) is 0.429. The van der Waals surface area contributed by atoms with Crippen LogP contribution in [0.3, 0.4) is 0 Å². The number of ether oxygens (including phenoxy) is 1. The number of rotatable bonds is 4. The Kier molecular flexibility index (Phi) is 4.01. The Balaban J connectivity index is 1.90. The van der Waals surface area contributed by atoms with Crippen molar-refractivity contribution in [3.8, 4) is 5.82 Å². The summed E-state index contributed by atoms with van der Waals surface area (Å²) in [6.45, 7) is 4.28. The van der Waals surface area contributed by atoms with Gasteiger partial charge in [0, 0.05) is 37.3 Å². The number of ketones is 1. The summed E-state index contributed by atoms with van der Waals surface area (Å²) in [5.41, 5.74) is 0.167. The fourth-order valence-corrected chi connectivity index (χ4v) is 2.40. The molecule has 3 heterocycles. The zero-order valence-corrected chi connectivity index (χ0v) is 12.3. The number of carbonyl (C=O) groups excluding carboxylic acids is 1. The summed E-state index contributed by atoms with van der Waals surface area (Å²) in [5.74, 6) is 1.15. The molecule has 0 aromatic carbocycles. The largest absolute Gasteiger partial charge is 0.378 e. The van der Waals surface area contributed by atoms with E-state index in [0.29, 0.717) is 24.6 Å². The Morgan fingerprint density at radius 2 is 2.05 bits per heavy atom. The first-order valence-corrected chi connectivity index (χ1v) is 7.09. The number of Topliss-reactive ketones (excluding diaryl/α,β-unsaturated/α-hetero) is 1. The van der Waals surface area contributed by atoms with Crippen LogP contribution in [0.4, 0.5) is 5.82 Å². The van der Waals surface area contributed by atoms with Crippen LogP contribution in [0.2, 0.25) is 0 Å². The van der Waals surface area contributed by atoms with E-state index >= 15 is 0 Å². The number of H-pyrrole nitrogens is 1. The van der Waals surface area contributed by atoms with Gasteiger partial charge in [-0.25, -0.2) is 14.6 Å². The third kappa shape index (κ3) is 2.91. The number of morpholine rings is 1. The molecule has 0 bridgehead atoms. The van der Waals surface area contributed by atoms with E-state index in [1.807, 2.05) is 0 Å². The quantitative estimate of drug-likeness (QED) is 0.849. The Morgan fingerprint density at radius 3 is 2.77 bits per heavy atom. The van der Waals surface area contributed by atoms with Gasteiger partial charge in [0.2, 0.25) is 0 Å². The average molecular weight is 303 g/mol. The first-order chi connectivity index (χ1) is 10.6. The third-order valence-electron chi connectivity index (χ3n) is 3.49. The van der Waals surface area contributed by atoms with Gasteiger partial charge in [-0.3, -0.25) is 14.7 Å². The Morgan fingerprint density at radius 1 is 1.32 bits per heavy atom. The minimum atomic E-state index is -0.262. The van der Waals surface area contributed by atoms with Gasteiger partial charge in [0.15, 0.2) is 5.82 Å². The van der Waals surface area contributed by atoms with E-state index in [1.54, 1.807) is 12.3 Å². The number of hydrogen-bond acceptors (Lipinski definition) is 6. The molecule has 8 nitrogen and oxygen atoms in total. The van der Waals surface area contributed by atoms with Crippen LogP contribution in [0.15, 0.2) is 23.4 Å². The molecule has 0 aliphatic carbocycles. The Bertz CT molecular complexity index is 730. The zero-order chi connectivity index (χ0) is 15.5. The number of anilines is 1. The van der Waals surface area contributed by atoms with E-state index in [0.717, 1.165) is 18.9 Å². The highest BCUT2D eigenvalue weighted by Crippen LogP contribution is 2.14. The predicted molar refractivity (Wildman–Crippen MR) is 79.4 cm³/mol. The normalized spacial score (nSPS) is 15.0. The SMILES string of the molecule is CC(=O)Cc1c[nH]n(-c2cc(N3CCOCC3)ncn2)c1=O. The van der Waals surface area contributed by atoms with Crippen LogP contribution in [-0.2, 0) is 16.0 Å². The highest BCUT2D eigenvalue weighted by molar-refractivity contribution is 5.77. The average Bonchev–Trinajstić information content (AvgIpc) is 2.89. The molecule has 1 aliphatic rings. The molecule has 1 fully saturated rings. The molecule has 1 aliphatic heterocycles. The first kappa shape index (κ1) is 14.5. The molecule has 8 heteroatoms. The van der Waals surface area contributed by atoms with Crippen molar-refractivity contribution < 1.29 is 9.53 Å². The van der Waals surface area contributed by atoms with Crippen LogP contribution in [0.5, 0.6) is 0 Å². The lowest BCUT2D eigenvalue weighted by Crippen LogP contribution is -2.37. The molecule has 0 unspecified atom stereocenters. The summed E-state index contributed by atoms with van der Waals surface area (Å²) in [6.07, 6.45) is 3.09. The Hall–Kier alpha value is -2.48. The Labute approximate surface area is 126 Å². The van der Waals surface area contributed by atoms with E-state index in [4.69, 9.17) is 4.74 Å². The molecule has 0 amide bonds. The smallest absolute Gasteiger partial charge is 0.276 e. The van der Waals surface area contributed by atoms with Crippen LogP contribution in [-0.4, -0.2) is 51.8 Å². The molecule has 0 saturated carbocycles. The minimum Gasteiger partial charge on any atom is -0.378 e. The lowest BCUT2D eigenvalue weighted by Gasteiger charge is -2.27. The molecule has 116 valence electrons. The topological polar surface area (TPSA) is 93.1 Å². The molecular weight excluding hydrogens is 286 g/mol. The zero-order valence-electron chi connectivity index (χ0n) is 12.3. The molecule has 1 N–H and O–H groups in total. The van der Waals surface area contributed by atoms with Crippen LogP contribution >= 0.6 is 0 Å². The number of aromatic amines is 1. The predicted octanol–water partition coefficient (Wildman–Crippen LogP) is -0.0763. The maximum Gasteiger partial charge on any atom is 0.276 e. The van der Waals surface area contributed by atoms with E-state index in [1.165, 1.54) is 17.9 Å². The number of carbonyl (C=O) groups is 1. The molecule has 1 saturated heterocycles. The summed E-state index contributed by atoms with van der Waals surface area (Å²) in [7, 11) is 0. The van der Waals surface area contributed by atoms with Crippen molar-refractivity contribution in [1.29, 1.82) is 0 Å². The maximum absolute atomic E-state index is 12.3. The van der Waals surface area contributed by atoms with E-state index < -0.39 is 0 Å². The molecule has 3 rings (SSSR count). The van der Waals surface area contributed by atoms with Crippen LogP contribution in [0.25, 0.3) is 5.82 Å². The second-order valence-corrected chi connectivity index (χ2v) is 5.15. The second kappa shape index (κ2) is 6.10. The molecular formula is C14H17N5O3. The standard InChI is InChI=1S/C14H17N5O3/c1-10(20)6-11-8-17-19(14(11)21)13-7-12(15-9-16-13)18-2-4-22-5-3-18/h7-9,17H,2-6H2,1H3. The van der Waals surface area contributed by atoms with Gasteiger partial charge in [0.05, 0.1) is 13.2 Å². The van der Waals surface area contributed by atoms with Crippen molar-refractivity contribution in [2.24, 2.45) is 0 Å². The van der Waals surface area contributed by atoms with Gasteiger partial charge < -0.3 is 9.64 Å². The number of hydrogen-bond donors (Lipinski definition) is 1. The summed E-state index contributed by atoms with van der Waals surface area (Å²) in [5, 5.41) is 2.84. The van der Waals surface area contributed by atoms with E-state index in [2.05, 4.69) is 20.0 Å². The summed E-state index contributed by atoms with van der Waals surface area (Å²) in [6, 6.07) is 1.75. The molecule has 0 radical (unpaired) electrons. The van der Waals surface area contributed by atoms with E-state index in [-0.39, 0.29) is 17.8 Å². The fourth-order valence-electron chi connectivity index (χ4n) is 2.40. The summed E-state index contributed by atoms with van der Waals surface area (Å²) < 4.78 is 6.64. The van der Waals surface area contributed by atoms with Gasteiger partial charge >= 0.3 is 0 Å². The number of aromatic nitrogens is 4.